The van der Waals surface area contributed by atoms with Gasteiger partial charge in [0.05, 0.1) is 17.7 Å². The van der Waals surface area contributed by atoms with Crippen LogP contribution in [0, 0.1) is 20.8 Å². The number of aromatic amines is 1. The largest absolute Gasteiger partial charge is 0.347 e. The van der Waals surface area contributed by atoms with Gasteiger partial charge in [-0.3, -0.25) is 0 Å². The molecule has 3 nitrogen and oxygen atoms in total. The molecule has 1 aromatic heterocycles. The number of hydrogen-bond acceptors (Lipinski definition) is 2. The minimum absolute atomic E-state index is 0.807. The number of aryl methyl sites for hydroxylation is 1. The molecule has 17 heavy (non-hydrogen) atoms. The number of nitrogens with one attached hydrogen (secondary N) is 2. The third-order valence-corrected chi connectivity index (χ3v) is 3.38. The molecule has 3 heteroatoms. The van der Waals surface area contributed by atoms with E-state index in [1.807, 2.05) is 7.05 Å². The Hall–Kier alpha value is -1.61. The van der Waals surface area contributed by atoms with Crippen LogP contribution in [-0.4, -0.2) is 17.0 Å². The minimum Gasteiger partial charge on any atom is -0.347 e. The molecule has 1 aromatic carbocycles. The summed E-state index contributed by atoms with van der Waals surface area (Å²) >= 11 is 0. The second-order valence-electron chi connectivity index (χ2n) is 4.44. The Bertz CT molecular complexity index is 526. The monoisotopic (exact) mass is 229 g/mol. The van der Waals surface area contributed by atoms with E-state index in [9.17, 15) is 0 Å². The van der Waals surface area contributed by atoms with Crippen LogP contribution in [0.2, 0.25) is 0 Å². The molecule has 2 N–H and O–H groups in total. The molecule has 0 radical (unpaired) electrons. The van der Waals surface area contributed by atoms with E-state index in [4.69, 9.17) is 0 Å². The SMILES string of the molecule is CNCc1[nH]cnc1-c1ccc(C)c(C)c1C. The number of hydrogen-bond donors (Lipinski definition) is 2. The summed E-state index contributed by atoms with van der Waals surface area (Å²) < 4.78 is 0. The molecule has 2 rings (SSSR count). The number of nitrogens with zero attached hydrogens (tertiary/aromatic N) is 1. The lowest BCUT2D eigenvalue weighted by Gasteiger charge is -2.11. The zero-order chi connectivity index (χ0) is 12.4. The second-order valence-corrected chi connectivity index (χ2v) is 4.44. The number of H-pyrrole nitrogens is 1. The van der Waals surface area contributed by atoms with Gasteiger partial charge in [-0.25, -0.2) is 4.98 Å². The Balaban J connectivity index is 2.53. The van der Waals surface area contributed by atoms with Crippen LogP contribution in [0.3, 0.4) is 0 Å². The number of aromatic nitrogens is 2. The third-order valence-electron chi connectivity index (χ3n) is 3.38. The van der Waals surface area contributed by atoms with Crippen molar-refractivity contribution >= 4 is 0 Å². The Kier molecular flexibility index (Phi) is 3.29. The molecule has 2 aromatic rings. The van der Waals surface area contributed by atoms with Crippen molar-refractivity contribution in [3.05, 3.63) is 40.8 Å². The van der Waals surface area contributed by atoms with Crippen molar-refractivity contribution in [2.45, 2.75) is 27.3 Å². The van der Waals surface area contributed by atoms with Crippen LogP contribution in [-0.2, 0) is 6.54 Å². The van der Waals surface area contributed by atoms with E-state index in [0.717, 1.165) is 17.9 Å². The smallest absolute Gasteiger partial charge is 0.0929 e. The van der Waals surface area contributed by atoms with Crippen molar-refractivity contribution in [1.29, 1.82) is 0 Å². The van der Waals surface area contributed by atoms with E-state index in [-0.39, 0.29) is 0 Å². The Morgan fingerprint density at radius 3 is 2.65 bits per heavy atom. The highest BCUT2D eigenvalue weighted by Crippen LogP contribution is 2.27. The first-order valence-electron chi connectivity index (χ1n) is 5.89. The summed E-state index contributed by atoms with van der Waals surface area (Å²) in [4.78, 5) is 7.63. The standard InChI is InChI=1S/C14H19N3/c1-9-5-6-12(11(3)10(9)2)14-13(7-15-4)16-8-17-14/h5-6,8,15H,7H2,1-4H3,(H,16,17). The first kappa shape index (κ1) is 11.9. The molecule has 0 fully saturated rings. The molecule has 0 aliphatic rings. The van der Waals surface area contributed by atoms with Gasteiger partial charge in [-0.1, -0.05) is 12.1 Å². The van der Waals surface area contributed by atoms with Crippen molar-refractivity contribution in [2.75, 3.05) is 7.05 Å². The topological polar surface area (TPSA) is 40.7 Å². The number of imidazole rings is 1. The normalized spacial score (nSPS) is 10.8. The summed E-state index contributed by atoms with van der Waals surface area (Å²) in [6.45, 7) is 7.28. The lowest BCUT2D eigenvalue weighted by Crippen LogP contribution is -2.07. The summed E-state index contributed by atoms with van der Waals surface area (Å²) in [5, 5.41) is 3.15. The predicted octanol–water partition coefficient (Wildman–Crippen LogP) is 2.72. The summed E-state index contributed by atoms with van der Waals surface area (Å²) in [5.41, 5.74) is 7.41. The maximum Gasteiger partial charge on any atom is 0.0929 e. The van der Waals surface area contributed by atoms with Crippen LogP contribution >= 0.6 is 0 Å². The van der Waals surface area contributed by atoms with Crippen molar-refractivity contribution in [1.82, 2.24) is 15.3 Å². The molecule has 0 saturated carbocycles. The molecule has 0 aliphatic heterocycles. The molecule has 0 unspecified atom stereocenters. The van der Waals surface area contributed by atoms with Gasteiger partial charge in [0.1, 0.15) is 0 Å². The first-order chi connectivity index (χ1) is 8.15. The van der Waals surface area contributed by atoms with E-state index in [2.05, 4.69) is 48.2 Å². The lowest BCUT2D eigenvalue weighted by molar-refractivity contribution is 0.798. The van der Waals surface area contributed by atoms with Crippen molar-refractivity contribution < 1.29 is 0 Å². The van der Waals surface area contributed by atoms with Gasteiger partial charge in [-0.05, 0) is 44.5 Å². The zero-order valence-corrected chi connectivity index (χ0v) is 10.9. The van der Waals surface area contributed by atoms with Crippen molar-refractivity contribution in [2.24, 2.45) is 0 Å². The van der Waals surface area contributed by atoms with Gasteiger partial charge in [0.25, 0.3) is 0 Å². The number of rotatable bonds is 3. The highest BCUT2D eigenvalue weighted by molar-refractivity contribution is 5.68. The quantitative estimate of drug-likeness (QED) is 0.849. The second kappa shape index (κ2) is 4.72. The van der Waals surface area contributed by atoms with Gasteiger partial charge in [0.2, 0.25) is 0 Å². The zero-order valence-electron chi connectivity index (χ0n) is 10.9. The van der Waals surface area contributed by atoms with E-state index in [1.54, 1.807) is 6.33 Å². The van der Waals surface area contributed by atoms with Crippen LogP contribution in [0.15, 0.2) is 18.5 Å². The Morgan fingerprint density at radius 2 is 1.94 bits per heavy atom. The highest BCUT2D eigenvalue weighted by atomic mass is 14.9. The van der Waals surface area contributed by atoms with Crippen molar-refractivity contribution in [3.8, 4) is 11.3 Å². The third kappa shape index (κ3) is 2.11. The maximum absolute atomic E-state index is 4.44. The fourth-order valence-corrected chi connectivity index (χ4v) is 2.08. The fourth-order valence-electron chi connectivity index (χ4n) is 2.08. The lowest BCUT2D eigenvalue weighted by atomic mass is 9.96. The molecule has 0 bridgehead atoms. The minimum atomic E-state index is 0.807. The predicted molar refractivity (Wildman–Crippen MR) is 71.0 cm³/mol. The molecule has 0 spiro atoms. The summed E-state index contributed by atoms with van der Waals surface area (Å²) in [6.07, 6.45) is 1.76. The van der Waals surface area contributed by atoms with Gasteiger partial charge in [-0.2, -0.15) is 0 Å². The summed E-state index contributed by atoms with van der Waals surface area (Å²) in [7, 11) is 1.94. The maximum atomic E-state index is 4.44. The molecule has 0 amide bonds. The highest BCUT2D eigenvalue weighted by Gasteiger charge is 2.11. The van der Waals surface area contributed by atoms with Gasteiger partial charge >= 0.3 is 0 Å². The Morgan fingerprint density at radius 1 is 1.18 bits per heavy atom. The Labute approximate surface area is 102 Å². The summed E-state index contributed by atoms with van der Waals surface area (Å²) in [5.74, 6) is 0. The molecule has 0 atom stereocenters. The van der Waals surface area contributed by atoms with Crippen LogP contribution in [0.25, 0.3) is 11.3 Å². The van der Waals surface area contributed by atoms with Gasteiger partial charge in [0.15, 0.2) is 0 Å². The van der Waals surface area contributed by atoms with Crippen LogP contribution < -0.4 is 5.32 Å². The van der Waals surface area contributed by atoms with Gasteiger partial charge in [-0.15, -0.1) is 0 Å². The average molecular weight is 229 g/mol. The van der Waals surface area contributed by atoms with Gasteiger partial charge in [0, 0.05) is 12.1 Å². The van der Waals surface area contributed by atoms with E-state index < -0.39 is 0 Å². The fraction of sp³-hybridized carbons (Fsp3) is 0.357. The average Bonchev–Trinajstić information content (AvgIpc) is 2.75. The molecule has 0 aliphatic carbocycles. The van der Waals surface area contributed by atoms with E-state index in [0.29, 0.717) is 0 Å². The van der Waals surface area contributed by atoms with Gasteiger partial charge < -0.3 is 10.3 Å². The molecule has 0 saturated heterocycles. The number of benzene rings is 1. The van der Waals surface area contributed by atoms with Crippen molar-refractivity contribution in [3.63, 3.8) is 0 Å². The molecule has 90 valence electrons. The summed E-state index contributed by atoms with van der Waals surface area (Å²) in [6, 6.07) is 4.32. The van der Waals surface area contributed by atoms with Crippen LogP contribution in [0.4, 0.5) is 0 Å². The first-order valence-corrected chi connectivity index (χ1v) is 5.89. The van der Waals surface area contributed by atoms with E-state index in [1.165, 1.54) is 22.3 Å². The molecular formula is C14H19N3. The molecular weight excluding hydrogens is 210 g/mol. The van der Waals surface area contributed by atoms with E-state index >= 15 is 0 Å². The van der Waals surface area contributed by atoms with Crippen LogP contribution in [0.1, 0.15) is 22.4 Å². The molecule has 1 heterocycles. The van der Waals surface area contributed by atoms with Crippen LogP contribution in [0.5, 0.6) is 0 Å².